The Morgan fingerprint density at radius 3 is 2.52 bits per heavy atom. The van der Waals surface area contributed by atoms with Gasteiger partial charge in [0.15, 0.2) is 17.5 Å². The van der Waals surface area contributed by atoms with Crippen LogP contribution in [0.15, 0.2) is 23.2 Å². The van der Waals surface area contributed by atoms with Gasteiger partial charge in [-0.1, -0.05) is 13.8 Å². The maximum absolute atomic E-state index is 6.05. The minimum atomic E-state index is 0.347. The average Bonchev–Trinajstić information content (AvgIpc) is 2.94. The second kappa shape index (κ2) is 8.41. The monoisotopic (exact) mass is 345 g/mol. The smallest absolute Gasteiger partial charge is 0.193 e. The Hall–Kier alpha value is -2.70. The molecular weight excluding hydrogens is 318 g/mol. The second-order valence-corrected chi connectivity index (χ2v) is 5.60. The third-order valence-electron chi connectivity index (χ3n) is 4.09. The Kier molecular flexibility index (Phi) is 6.27. The van der Waals surface area contributed by atoms with Crippen LogP contribution in [-0.2, 0) is 26.4 Å². The number of methoxy groups -OCH3 is 2. The van der Waals surface area contributed by atoms with Crippen molar-refractivity contribution in [1.82, 2.24) is 9.78 Å². The summed E-state index contributed by atoms with van der Waals surface area (Å²) in [7, 11) is 5.17. The predicted octanol–water partition coefficient (Wildman–Crippen LogP) is 2.49. The largest absolute Gasteiger partial charge is 0.493 e. The molecule has 7 nitrogen and oxygen atoms in total. The summed E-state index contributed by atoms with van der Waals surface area (Å²) >= 11 is 0. The Morgan fingerprint density at radius 2 is 1.92 bits per heavy atom. The number of aryl methyl sites for hydroxylation is 2. The van der Waals surface area contributed by atoms with Crippen LogP contribution in [-0.4, -0.2) is 30.0 Å². The minimum absolute atomic E-state index is 0.347. The van der Waals surface area contributed by atoms with E-state index in [9.17, 15) is 0 Å². The topological polar surface area (TPSA) is 86.7 Å². The van der Waals surface area contributed by atoms with Crippen LogP contribution in [0.1, 0.15) is 30.8 Å². The summed E-state index contributed by atoms with van der Waals surface area (Å²) in [6.07, 6.45) is 1.79. The van der Waals surface area contributed by atoms with Gasteiger partial charge in [-0.2, -0.15) is 5.10 Å². The van der Waals surface area contributed by atoms with E-state index in [1.807, 2.05) is 29.9 Å². The van der Waals surface area contributed by atoms with Crippen molar-refractivity contribution in [3.8, 4) is 11.5 Å². The lowest BCUT2D eigenvalue weighted by molar-refractivity contribution is 0.355. The SMILES string of the molecule is CCc1nn(C)c(CC)c1CN=C(N)Nc1ccc(OC)c(OC)c1. The summed E-state index contributed by atoms with van der Waals surface area (Å²) in [6.45, 7) is 4.72. The molecule has 1 aromatic carbocycles. The standard InChI is InChI=1S/C18H27N5O2/c1-6-14-13(15(7-2)23(3)22-14)11-20-18(19)21-12-8-9-16(24-4)17(10-12)25-5/h8-10H,6-7,11H2,1-5H3,(H3,19,20,21). The lowest BCUT2D eigenvalue weighted by Gasteiger charge is -2.11. The lowest BCUT2D eigenvalue weighted by Crippen LogP contribution is -2.22. The fraction of sp³-hybridized carbons (Fsp3) is 0.444. The molecule has 3 N–H and O–H groups in total. The molecule has 0 amide bonds. The maximum Gasteiger partial charge on any atom is 0.193 e. The van der Waals surface area contributed by atoms with Gasteiger partial charge in [-0.3, -0.25) is 4.68 Å². The van der Waals surface area contributed by atoms with E-state index in [2.05, 4.69) is 29.3 Å². The normalized spacial score (nSPS) is 11.5. The Balaban J connectivity index is 2.15. The van der Waals surface area contributed by atoms with E-state index >= 15 is 0 Å². The third kappa shape index (κ3) is 4.23. The number of nitrogens with zero attached hydrogens (tertiary/aromatic N) is 3. The number of rotatable bonds is 7. The van der Waals surface area contributed by atoms with Crippen molar-refractivity contribution in [3.05, 3.63) is 35.2 Å². The van der Waals surface area contributed by atoms with E-state index < -0.39 is 0 Å². The van der Waals surface area contributed by atoms with Gasteiger partial charge < -0.3 is 20.5 Å². The number of hydrogen-bond donors (Lipinski definition) is 2. The van der Waals surface area contributed by atoms with E-state index in [1.54, 1.807) is 14.2 Å². The number of anilines is 1. The van der Waals surface area contributed by atoms with Crippen LogP contribution in [0.4, 0.5) is 5.69 Å². The molecule has 0 atom stereocenters. The Labute approximate surface area is 148 Å². The highest BCUT2D eigenvalue weighted by Gasteiger charge is 2.13. The summed E-state index contributed by atoms with van der Waals surface area (Å²) < 4.78 is 12.5. The molecule has 0 saturated heterocycles. The molecule has 0 spiro atoms. The molecule has 2 rings (SSSR count). The lowest BCUT2D eigenvalue weighted by atomic mass is 10.1. The van der Waals surface area contributed by atoms with Gasteiger partial charge in [0.2, 0.25) is 0 Å². The number of aliphatic imine (C=N–C) groups is 1. The number of ether oxygens (including phenoxy) is 2. The van der Waals surface area contributed by atoms with Crippen LogP contribution < -0.4 is 20.5 Å². The molecule has 25 heavy (non-hydrogen) atoms. The molecule has 1 heterocycles. The van der Waals surface area contributed by atoms with Gasteiger partial charge in [0.25, 0.3) is 0 Å². The second-order valence-electron chi connectivity index (χ2n) is 5.60. The van der Waals surface area contributed by atoms with E-state index in [1.165, 1.54) is 5.69 Å². The fourth-order valence-corrected chi connectivity index (χ4v) is 2.84. The van der Waals surface area contributed by atoms with Gasteiger partial charge in [-0.05, 0) is 25.0 Å². The van der Waals surface area contributed by atoms with Gasteiger partial charge in [0, 0.05) is 30.1 Å². The van der Waals surface area contributed by atoms with Crippen molar-refractivity contribution >= 4 is 11.6 Å². The van der Waals surface area contributed by atoms with E-state index in [-0.39, 0.29) is 0 Å². The highest BCUT2D eigenvalue weighted by molar-refractivity contribution is 5.92. The molecule has 7 heteroatoms. The van der Waals surface area contributed by atoms with Crippen molar-refractivity contribution in [2.45, 2.75) is 33.2 Å². The molecule has 136 valence electrons. The first-order chi connectivity index (χ1) is 12.0. The molecule has 0 aliphatic rings. The predicted molar refractivity (Wildman–Crippen MR) is 100 cm³/mol. The summed E-state index contributed by atoms with van der Waals surface area (Å²) in [5.41, 5.74) is 10.3. The van der Waals surface area contributed by atoms with E-state index in [0.29, 0.717) is 24.0 Å². The van der Waals surface area contributed by atoms with Crippen molar-refractivity contribution in [2.75, 3.05) is 19.5 Å². The highest BCUT2D eigenvalue weighted by atomic mass is 16.5. The van der Waals surface area contributed by atoms with Gasteiger partial charge in [-0.15, -0.1) is 0 Å². The van der Waals surface area contributed by atoms with Gasteiger partial charge in [0.05, 0.1) is 26.5 Å². The molecule has 0 unspecified atom stereocenters. The molecule has 1 aromatic heterocycles. The maximum atomic E-state index is 6.05. The molecule has 0 bridgehead atoms. The average molecular weight is 345 g/mol. The van der Waals surface area contributed by atoms with Crippen LogP contribution in [0.25, 0.3) is 0 Å². The first-order valence-corrected chi connectivity index (χ1v) is 8.36. The first-order valence-electron chi connectivity index (χ1n) is 8.36. The summed E-state index contributed by atoms with van der Waals surface area (Å²) in [5.74, 6) is 1.65. The Bertz CT molecular complexity index is 752. The van der Waals surface area contributed by atoms with E-state index in [0.717, 1.165) is 29.8 Å². The zero-order valence-corrected chi connectivity index (χ0v) is 15.6. The number of guanidine groups is 1. The van der Waals surface area contributed by atoms with E-state index in [4.69, 9.17) is 15.2 Å². The van der Waals surface area contributed by atoms with Gasteiger partial charge in [0.1, 0.15) is 0 Å². The molecule has 0 saturated carbocycles. The quantitative estimate of drug-likeness (QED) is 0.595. The van der Waals surface area contributed by atoms with Crippen LogP contribution >= 0.6 is 0 Å². The number of nitrogens with one attached hydrogen (secondary N) is 1. The molecule has 0 aliphatic heterocycles. The van der Waals surface area contributed by atoms with Crippen LogP contribution in [0.3, 0.4) is 0 Å². The van der Waals surface area contributed by atoms with Crippen molar-refractivity contribution in [2.24, 2.45) is 17.8 Å². The zero-order chi connectivity index (χ0) is 18.4. The summed E-state index contributed by atoms with van der Waals surface area (Å²) in [6, 6.07) is 5.50. The number of benzene rings is 1. The summed E-state index contributed by atoms with van der Waals surface area (Å²) in [4.78, 5) is 4.48. The van der Waals surface area contributed by atoms with Crippen molar-refractivity contribution < 1.29 is 9.47 Å². The highest BCUT2D eigenvalue weighted by Crippen LogP contribution is 2.29. The molecule has 0 radical (unpaired) electrons. The first kappa shape index (κ1) is 18.6. The molecule has 0 aliphatic carbocycles. The van der Waals surface area contributed by atoms with Gasteiger partial charge in [-0.25, -0.2) is 4.99 Å². The molecular formula is C18H27N5O2. The summed E-state index contributed by atoms with van der Waals surface area (Å²) in [5, 5.41) is 7.64. The van der Waals surface area contributed by atoms with Crippen LogP contribution in [0, 0.1) is 0 Å². The van der Waals surface area contributed by atoms with Crippen LogP contribution in [0.5, 0.6) is 11.5 Å². The minimum Gasteiger partial charge on any atom is -0.493 e. The van der Waals surface area contributed by atoms with Gasteiger partial charge >= 0.3 is 0 Å². The fourth-order valence-electron chi connectivity index (χ4n) is 2.84. The van der Waals surface area contributed by atoms with Crippen LogP contribution in [0.2, 0.25) is 0 Å². The number of hydrogen-bond acceptors (Lipinski definition) is 4. The number of aromatic nitrogens is 2. The van der Waals surface area contributed by atoms with Crippen molar-refractivity contribution in [1.29, 1.82) is 0 Å². The number of nitrogens with two attached hydrogens (primary N) is 1. The third-order valence-corrected chi connectivity index (χ3v) is 4.09. The Morgan fingerprint density at radius 1 is 1.20 bits per heavy atom. The molecule has 2 aromatic rings. The molecule has 0 fully saturated rings. The van der Waals surface area contributed by atoms with Crippen molar-refractivity contribution in [3.63, 3.8) is 0 Å². The zero-order valence-electron chi connectivity index (χ0n) is 15.6.